The second kappa shape index (κ2) is 9.39. The Labute approximate surface area is 177 Å². The van der Waals surface area contributed by atoms with E-state index in [9.17, 15) is 9.90 Å². The van der Waals surface area contributed by atoms with Gasteiger partial charge in [0, 0.05) is 13.1 Å². The molecule has 4 atom stereocenters. The van der Waals surface area contributed by atoms with Crippen LogP contribution in [0, 0.1) is 11.8 Å². The SMILES string of the molecule is COc1ccccc1O[C@@H]1C[C@@H]2CN(C(=O)CCOc3ccccc3)C[C@@H]2C[C@H]1O. The van der Waals surface area contributed by atoms with Gasteiger partial charge in [-0.1, -0.05) is 30.3 Å². The molecule has 6 nitrogen and oxygen atoms in total. The van der Waals surface area contributed by atoms with Crippen LogP contribution < -0.4 is 14.2 Å². The molecule has 0 aromatic heterocycles. The lowest BCUT2D eigenvalue weighted by molar-refractivity contribution is -0.130. The number of fused-ring (bicyclic) bond motifs is 1. The number of aliphatic hydroxyl groups is 1. The molecule has 6 heteroatoms. The zero-order valence-electron chi connectivity index (χ0n) is 17.3. The minimum Gasteiger partial charge on any atom is -0.493 e. The molecule has 0 radical (unpaired) electrons. The maximum absolute atomic E-state index is 12.7. The van der Waals surface area contributed by atoms with Crippen molar-refractivity contribution in [2.24, 2.45) is 11.8 Å². The molecular weight excluding hydrogens is 382 g/mol. The first kappa shape index (κ1) is 20.5. The lowest BCUT2D eigenvalue weighted by Gasteiger charge is -2.35. The van der Waals surface area contributed by atoms with Gasteiger partial charge in [0.25, 0.3) is 0 Å². The molecule has 2 fully saturated rings. The molecule has 1 saturated carbocycles. The van der Waals surface area contributed by atoms with Gasteiger partial charge in [0.2, 0.25) is 5.91 Å². The second-order valence-electron chi connectivity index (χ2n) is 8.08. The van der Waals surface area contributed by atoms with Gasteiger partial charge in [-0.2, -0.15) is 0 Å². The summed E-state index contributed by atoms with van der Waals surface area (Å²) < 4.78 is 17.1. The Hall–Kier alpha value is -2.73. The third-order valence-corrected chi connectivity index (χ3v) is 6.11. The predicted molar refractivity (Wildman–Crippen MR) is 113 cm³/mol. The molecule has 1 N–H and O–H groups in total. The number of para-hydroxylation sites is 3. The molecular formula is C24H29NO5. The van der Waals surface area contributed by atoms with E-state index < -0.39 is 6.10 Å². The van der Waals surface area contributed by atoms with Crippen molar-refractivity contribution in [2.75, 3.05) is 26.8 Å². The van der Waals surface area contributed by atoms with E-state index in [1.165, 1.54) is 0 Å². The van der Waals surface area contributed by atoms with Gasteiger partial charge in [-0.3, -0.25) is 4.79 Å². The molecule has 0 unspecified atom stereocenters. The molecule has 2 aromatic carbocycles. The lowest BCUT2D eigenvalue weighted by atomic mass is 9.78. The Balaban J connectivity index is 1.30. The summed E-state index contributed by atoms with van der Waals surface area (Å²) in [5.74, 6) is 2.85. The van der Waals surface area contributed by atoms with Crippen LogP contribution in [-0.2, 0) is 4.79 Å². The largest absolute Gasteiger partial charge is 0.493 e. The summed E-state index contributed by atoms with van der Waals surface area (Å²) >= 11 is 0. The average molecular weight is 411 g/mol. The Morgan fingerprint density at radius 1 is 1.00 bits per heavy atom. The van der Waals surface area contributed by atoms with E-state index in [4.69, 9.17) is 14.2 Å². The summed E-state index contributed by atoms with van der Waals surface area (Å²) in [5.41, 5.74) is 0. The number of benzene rings is 2. The molecule has 160 valence electrons. The van der Waals surface area contributed by atoms with Gasteiger partial charge < -0.3 is 24.2 Å². The van der Waals surface area contributed by atoms with Gasteiger partial charge in [0.1, 0.15) is 11.9 Å². The second-order valence-corrected chi connectivity index (χ2v) is 8.08. The zero-order chi connectivity index (χ0) is 20.9. The maximum Gasteiger partial charge on any atom is 0.226 e. The number of methoxy groups -OCH3 is 1. The van der Waals surface area contributed by atoms with Gasteiger partial charge in [0.05, 0.1) is 26.2 Å². The number of carbonyl (C=O) groups is 1. The molecule has 30 heavy (non-hydrogen) atoms. The minimum atomic E-state index is -0.548. The van der Waals surface area contributed by atoms with E-state index in [2.05, 4.69) is 0 Å². The van der Waals surface area contributed by atoms with E-state index in [-0.39, 0.29) is 12.0 Å². The van der Waals surface area contributed by atoms with E-state index >= 15 is 0 Å². The highest BCUT2D eigenvalue weighted by molar-refractivity contribution is 5.76. The molecule has 4 rings (SSSR count). The molecule has 2 aromatic rings. The van der Waals surface area contributed by atoms with Crippen LogP contribution in [0.3, 0.4) is 0 Å². The smallest absolute Gasteiger partial charge is 0.226 e. The van der Waals surface area contributed by atoms with Crippen LogP contribution in [0.25, 0.3) is 0 Å². The van der Waals surface area contributed by atoms with Crippen LogP contribution in [-0.4, -0.2) is 54.9 Å². The van der Waals surface area contributed by atoms with Gasteiger partial charge in [0.15, 0.2) is 11.5 Å². The maximum atomic E-state index is 12.7. The monoisotopic (exact) mass is 411 g/mol. The molecule has 1 amide bonds. The van der Waals surface area contributed by atoms with E-state index in [0.29, 0.717) is 55.9 Å². The average Bonchev–Trinajstić information content (AvgIpc) is 3.18. The van der Waals surface area contributed by atoms with Crippen molar-refractivity contribution < 1.29 is 24.1 Å². The number of hydrogen-bond donors (Lipinski definition) is 1. The Bertz CT molecular complexity index is 842. The molecule has 0 bridgehead atoms. The number of carbonyl (C=O) groups excluding carboxylic acids is 1. The molecule has 1 aliphatic carbocycles. The predicted octanol–water partition coefficient (Wildman–Crippen LogP) is 3.14. The van der Waals surface area contributed by atoms with Crippen molar-refractivity contribution in [3.8, 4) is 17.2 Å². The number of hydrogen-bond acceptors (Lipinski definition) is 5. The summed E-state index contributed by atoms with van der Waals surface area (Å²) in [4.78, 5) is 14.6. The first-order chi connectivity index (χ1) is 14.6. The molecule has 1 aliphatic heterocycles. The van der Waals surface area contributed by atoms with Crippen molar-refractivity contribution >= 4 is 5.91 Å². The third kappa shape index (κ3) is 4.70. The van der Waals surface area contributed by atoms with Crippen molar-refractivity contribution in [2.45, 2.75) is 31.5 Å². The van der Waals surface area contributed by atoms with E-state index in [0.717, 1.165) is 12.2 Å². The van der Waals surface area contributed by atoms with Crippen LogP contribution in [0.2, 0.25) is 0 Å². The van der Waals surface area contributed by atoms with Crippen LogP contribution in [0.5, 0.6) is 17.2 Å². The minimum absolute atomic E-state index is 0.108. The number of rotatable bonds is 7. The number of ether oxygens (including phenoxy) is 3. The van der Waals surface area contributed by atoms with Crippen molar-refractivity contribution in [3.05, 3.63) is 54.6 Å². The molecule has 2 aliphatic rings. The fraction of sp³-hybridized carbons (Fsp3) is 0.458. The van der Waals surface area contributed by atoms with Gasteiger partial charge in [-0.25, -0.2) is 0 Å². The van der Waals surface area contributed by atoms with E-state index in [1.54, 1.807) is 7.11 Å². The lowest BCUT2D eigenvalue weighted by Crippen LogP contribution is -2.42. The van der Waals surface area contributed by atoms with Crippen molar-refractivity contribution in [3.63, 3.8) is 0 Å². The normalized spacial score (nSPS) is 25.5. The molecule has 0 spiro atoms. The van der Waals surface area contributed by atoms with E-state index in [1.807, 2.05) is 59.5 Å². The van der Waals surface area contributed by atoms with Crippen LogP contribution >= 0.6 is 0 Å². The van der Waals surface area contributed by atoms with Gasteiger partial charge >= 0.3 is 0 Å². The standard InChI is InChI=1S/C24H29NO5/c1-28-21-9-5-6-10-22(21)30-23-14-18-16-25(15-17(18)13-20(23)26)24(27)11-12-29-19-7-3-2-4-8-19/h2-10,17-18,20,23,26H,11-16H2,1H3/t17-,18+,20+,23+/m0/s1. The highest BCUT2D eigenvalue weighted by atomic mass is 16.5. The summed E-state index contributed by atoms with van der Waals surface area (Å²) in [6.07, 6.45) is 0.896. The molecule has 1 saturated heterocycles. The molecule has 1 heterocycles. The fourth-order valence-electron chi connectivity index (χ4n) is 4.53. The Morgan fingerprint density at radius 3 is 2.40 bits per heavy atom. The number of nitrogens with zero attached hydrogens (tertiary/aromatic N) is 1. The summed E-state index contributed by atoms with van der Waals surface area (Å²) in [7, 11) is 1.61. The highest BCUT2D eigenvalue weighted by Crippen LogP contribution is 2.39. The van der Waals surface area contributed by atoms with Crippen molar-refractivity contribution in [1.29, 1.82) is 0 Å². The van der Waals surface area contributed by atoms with Crippen LogP contribution in [0.4, 0.5) is 0 Å². The topological polar surface area (TPSA) is 68.2 Å². The number of likely N-dealkylation sites (tertiary alicyclic amines) is 1. The fourth-order valence-corrected chi connectivity index (χ4v) is 4.53. The van der Waals surface area contributed by atoms with Gasteiger partial charge in [-0.15, -0.1) is 0 Å². The Kier molecular flexibility index (Phi) is 6.43. The third-order valence-electron chi connectivity index (χ3n) is 6.11. The van der Waals surface area contributed by atoms with Crippen molar-refractivity contribution in [1.82, 2.24) is 4.90 Å². The quantitative estimate of drug-likeness (QED) is 0.758. The zero-order valence-corrected chi connectivity index (χ0v) is 17.3. The number of aliphatic hydroxyl groups excluding tert-OH is 1. The first-order valence-electron chi connectivity index (χ1n) is 10.6. The van der Waals surface area contributed by atoms with Gasteiger partial charge in [-0.05, 0) is 48.9 Å². The highest BCUT2D eigenvalue weighted by Gasteiger charge is 2.43. The summed E-state index contributed by atoms with van der Waals surface area (Å²) in [6.45, 7) is 1.79. The number of amides is 1. The summed E-state index contributed by atoms with van der Waals surface area (Å²) in [5, 5.41) is 10.6. The first-order valence-corrected chi connectivity index (χ1v) is 10.6. The summed E-state index contributed by atoms with van der Waals surface area (Å²) in [6, 6.07) is 17.0. The van der Waals surface area contributed by atoms with Crippen LogP contribution in [0.15, 0.2) is 54.6 Å². The Morgan fingerprint density at radius 2 is 1.67 bits per heavy atom. The van der Waals surface area contributed by atoms with Crippen LogP contribution in [0.1, 0.15) is 19.3 Å².